The molecule has 8 heteroatoms. The van der Waals surface area contributed by atoms with Crippen LogP contribution < -0.4 is 5.32 Å². The number of carbonyl (C=O) groups excluding carboxylic acids is 1. The van der Waals surface area contributed by atoms with Gasteiger partial charge >= 0.3 is 0 Å². The summed E-state index contributed by atoms with van der Waals surface area (Å²) < 4.78 is 4.86. The van der Waals surface area contributed by atoms with Gasteiger partial charge in [0.2, 0.25) is 5.91 Å². The zero-order valence-corrected chi connectivity index (χ0v) is 15.6. The Kier molecular flexibility index (Phi) is 9.66. The molecule has 0 aromatic carbocycles. The molecule has 0 radical (unpaired) electrons. The fraction of sp³-hybridized carbons (Fsp3) is 0.750. The summed E-state index contributed by atoms with van der Waals surface area (Å²) in [6.45, 7) is 6.55. The Morgan fingerprint density at radius 2 is 1.92 bits per heavy atom. The summed E-state index contributed by atoms with van der Waals surface area (Å²) in [5.74, 6) is 1.07. The Labute approximate surface area is 156 Å². The number of amides is 1. The standard InChI is InChI=1S/C16H26N4O2.2ClH/c21-16(2-1-14-3-6-17-7-4-14)20-10-8-19(9-11-20)13-15-5-12-22-18-15;;/h5,12,14,17H,1-4,6-11,13H2;2*1H. The fourth-order valence-corrected chi connectivity index (χ4v) is 3.36. The summed E-state index contributed by atoms with van der Waals surface area (Å²) in [5.41, 5.74) is 0.964. The molecular formula is C16H28Cl2N4O2. The third kappa shape index (κ3) is 6.24. The molecule has 0 bridgehead atoms. The van der Waals surface area contributed by atoms with Crippen LogP contribution in [0, 0.1) is 5.92 Å². The molecule has 138 valence electrons. The highest BCUT2D eigenvalue weighted by atomic mass is 35.5. The van der Waals surface area contributed by atoms with Gasteiger partial charge < -0.3 is 14.7 Å². The molecule has 6 nitrogen and oxygen atoms in total. The molecule has 0 spiro atoms. The van der Waals surface area contributed by atoms with Crippen molar-refractivity contribution in [2.45, 2.75) is 32.2 Å². The zero-order valence-electron chi connectivity index (χ0n) is 14.0. The van der Waals surface area contributed by atoms with Crippen LogP contribution in [0.3, 0.4) is 0 Å². The summed E-state index contributed by atoms with van der Waals surface area (Å²) in [5, 5.41) is 7.32. The third-order valence-electron chi connectivity index (χ3n) is 4.83. The molecule has 2 fully saturated rings. The van der Waals surface area contributed by atoms with Crippen molar-refractivity contribution in [1.82, 2.24) is 20.3 Å². The number of hydrogen-bond acceptors (Lipinski definition) is 5. The maximum absolute atomic E-state index is 12.3. The topological polar surface area (TPSA) is 61.6 Å². The second-order valence-corrected chi connectivity index (χ2v) is 6.38. The average Bonchev–Trinajstić information content (AvgIpc) is 3.07. The van der Waals surface area contributed by atoms with Crippen molar-refractivity contribution in [2.24, 2.45) is 5.92 Å². The first kappa shape index (κ1) is 21.2. The first-order valence-corrected chi connectivity index (χ1v) is 8.41. The molecule has 3 rings (SSSR count). The van der Waals surface area contributed by atoms with Crippen LogP contribution in [0.1, 0.15) is 31.4 Å². The number of nitrogens with one attached hydrogen (secondary N) is 1. The van der Waals surface area contributed by atoms with Gasteiger partial charge in [-0.25, -0.2) is 0 Å². The van der Waals surface area contributed by atoms with E-state index in [0.29, 0.717) is 12.3 Å². The van der Waals surface area contributed by atoms with E-state index in [1.807, 2.05) is 11.0 Å². The fourth-order valence-electron chi connectivity index (χ4n) is 3.36. The Hall–Kier alpha value is -0.820. The quantitative estimate of drug-likeness (QED) is 0.847. The SMILES string of the molecule is Cl.Cl.O=C(CCC1CCNCC1)N1CCN(Cc2ccon2)CC1. The molecule has 3 heterocycles. The van der Waals surface area contributed by atoms with E-state index in [0.717, 1.165) is 63.8 Å². The molecule has 0 atom stereocenters. The molecule has 1 aromatic rings. The highest BCUT2D eigenvalue weighted by Gasteiger charge is 2.22. The predicted octanol–water partition coefficient (Wildman–Crippen LogP) is 1.94. The van der Waals surface area contributed by atoms with Crippen molar-refractivity contribution >= 4 is 30.7 Å². The Balaban J connectivity index is 0.00000144. The molecule has 2 aliphatic heterocycles. The lowest BCUT2D eigenvalue weighted by atomic mass is 9.93. The van der Waals surface area contributed by atoms with Gasteiger partial charge in [-0.15, -0.1) is 24.8 Å². The van der Waals surface area contributed by atoms with Crippen LogP contribution in [0.25, 0.3) is 0 Å². The van der Waals surface area contributed by atoms with Gasteiger partial charge in [0.1, 0.15) is 6.26 Å². The van der Waals surface area contributed by atoms with Crippen molar-refractivity contribution in [2.75, 3.05) is 39.3 Å². The second kappa shape index (κ2) is 10.9. The maximum atomic E-state index is 12.3. The van der Waals surface area contributed by atoms with E-state index in [4.69, 9.17) is 4.52 Å². The number of aromatic nitrogens is 1. The van der Waals surface area contributed by atoms with E-state index >= 15 is 0 Å². The van der Waals surface area contributed by atoms with E-state index in [1.54, 1.807) is 6.26 Å². The molecule has 0 saturated carbocycles. The lowest BCUT2D eigenvalue weighted by molar-refractivity contribution is -0.133. The molecule has 2 saturated heterocycles. The van der Waals surface area contributed by atoms with Crippen LogP contribution in [-0.4, -0.2) is 60.1 Å². The van der Waals surface area contributed by atoms with Gasteiger partial charge in [0.05, 0.1) is 5.69 Å². The second-order valence-electron chi connectivity index (χ2n) is 6.38. The van der Waals surface area contributed by atoms with Crippen molar-refractivity contribution < 1.29 is 9.32 Å². The van der Waals surface area contributed by atoms with Gasteiger partial charge in [-0.05, 0) is 38.3 Å². The summed E-state index contributed by atoms with van der Waals surface area (Å²) in [6.07, 6.45) is 5.82. The average molecular weight is 379 g/mol. The molecule has 0 aliphatic carbocycles. The van der Waals surface area contributed by atoms with Gasteiger partial charge in [0.25, 0.3) is 0 Å². The van der Waals surface area contributed by atoms with Gasteiger partial charge in [0, 0.05) is 45.2 Å². The van der Waals surface area contributed by atoms with E-state index in [2.05, 4.69) is 15.4 Å². The molecule has 2 aliphatic rings. The maximum Gasteiger partial charge on any atom is 0.222 e. The van der Waals surface area contributed by atoms with E-state index in [-0.39, 0.29) is 24.8 Å². The van der Waals surface area contributed by atoms with Gasteiger partial charge in [-0.2, -0.15) is 0 Å². The number of carbonyl (C=O) groups is 1. The van der Waals surface area contributed by atoms with Crippen molar-refractivity contribution in [3.63, 3.8) is 0 Å². The van der Waals surface area contributed by atoms with E-state index in [1.165, 1.54) is 12.8 Å². The third-order valence-corrected chi connectivity index (χ3v) is 4.83. The summed E-state index contributed by atoms with van der Waals surface area (Å²) in [6, 6.07) is 1.90. The number of piperidine rings is 1. The smallest absolute Gasteiger partial charge is 0.222 e. The highest BCUT2D eigenvalue weighted by molar-refractivity contribution is 5.85. The van der Waals surface area contributed by atoms with Crippen LogP contribution in [0.15, 0.2) is 16.9 Å². The first-order chi connectivity index (χ1) is 10.8. The normalized spacial score (nSPS) is 19.4. The van der Waals surface area contributed by atoms with Crippen LogP contribution in [0.5, 0.6) is 0 Å². The van der Waals surface area contributed by atoms with Crippen molar-refractivity contribution in [3.8, 4) is 0 Å². The Bertz CT molecular complexity index is 459. The van der Waals surface area contributed by atoms with Crippen molar-refractivity contribution in [1.29, 1.82) is 0 Å². The lowest BCUT2D eigenvalue weighted by Crippen LogP contribution is -2.48. The minimum Gasteiger partial charge on any atom is -0.364 e. The lowest BCUT2D eigenvalue weighted by Gasteiger charge is -2.34. The van der Waals surface area contributed by atoms with Crippen LogP contribution in [-0.2, 0) is 11.3 Å². The molecule has 1 amide bonds. The van der Waals surface area contributed by atoms with Gasteiger partial charge in [-0.3, -0.25) is 9.69 Å². The van der Waals surface area contributed by atoms with Crippen LogP contribution in [0.2, 0.25) is 0 Å². The largest absolute Gasteiger partial charge is 0.364 e. The molecular weight excluding hydrogens is 351 g/mol. The van der Waals surface area contributed by atoms with Crippen molar-refractivity contribution in [3.05, 3.63) is 18.0 Å². The molecule has 1 N–H and O–H groups in total. The highest BCUT2D eigenvalue weighted by Crippen LogP contribution is 2.19. The number of piperazine rings is 1. The molecule has 0 unspecified atom stereocenters. The number of nitrogens with zero attached hydrogens (tertiary/aromatic N) is 3. The minimum absolute atomic E-state index is 0. The summed E-state index contributed by atoms with van der Waals surface area (Å²) in [4.78, 5) is 16.7. The van der Waals surface area contributed by atoms with E-state index < -0.39 is 0 Å². The Morgan fingerprint density at radius 3 is 2.54 bits per heavy atom. The number of halogens is 2. The van der Waals surface area contributed by atoms with Crippen LogP contribution in [0.4, 0.5) is 0 Å². The predicted molar refractivity (Wildman–Crippen MR) is 97.7 cm³/mol. The summed E-state index contributed by atoms with van der Waals surface area (Å²) in [7, 11) is 0. The van der Waals surface area contributed by atoms with Crippen LogP contribution >= 0.6 is 24.8 Å². The van der Waals surface area contributed by atoms with Gasteiger partial charge in [0.15, 0.2) is 0 Å². The van der Waals surface area contributed by atoms with E-state index in [9.17, 15) is 4.79 Å². The zero-order chi connectivity index (χ0) is 15.2. The first-order valence-electron chi connectivity index (χ1n) is 8.41. The number of hydrogen-bond donors (Lipinski definition) is 1. The monoisotopic (exact) mass is 378 g/mol. The molecule has 1 aromatic heterocycles. The Morgan fingerprint density at radius 1 is 1.21 bits per heavy atom. The molecule has 24 heavy (non-hydrogen) atoms. The van der Waals surface area contributed by atoms with Gasteiger partial charge in [-0.1, -0.05) is 5.16 Å². The number of rotatable bonds is 5. The minimum atomic E-state index is 0. The summed E-state index contributed by atoms with van der Waals surface area (Å²) >= 11 is 0.